The summed E-state index contributed by atoms with van der Waals surface area (Å²) in [6, 6.07) is 8.20. The van der Waals surface area contributed by atoms with Crippen molar-refractivity contribution in [1.82, 2.24) is 0 Å². The molecule has 1 heterocycles. The summed E-state index contributed by atoms with van der Waals surface area (Å²) in [6.07, 6.45) is 1.56. The van der Waals surface area contributed by atoms with Gasteiger partial charge in [0.05, 0.1) is 12.7 Å². The second-order valence-corrected chi connectivity index (χ2v) is 6.43. The van der Waals surface area contributed by atoms with Crippen molar-refractivity contribution in [2.24, 2.45) is 0 Å². The lowest BCUT2D eigenvalue weighted by Gasteiger charge is -2.08. The number of carbonyl (C=O) groups excluding carboxylic acids is 2. The van der Waals surface area contributed by atoms with E-state index in [1.807, 2.05) is 0 Å². The molecule has 1 aliphatic rings. The topological polar surface area (TPSA) is 61.8 Å². The molecule has 134 valence electrons. The molecule has 0 atom stereocenters. The number of allylic oxidation sites excluding steroid dienone is 1. The summed E-state index contributed by atoms with van der Waals surface area (Å²) >= 11 is 12.0. The first kappa shape index (κ1) is 18.3. The molecule has 0 fully saturated rings. The van der Waals surface area contributed by atoms with Crippen molar-refractivity contribution < 1.29 is 23.8 Å². The highest BCUT2D eigenvalue weighted by atomic mass is 35.5. The Hall–Kier alpha value is -2.50. The molecule has 3 rings (SSSR count). The number of esters is 1. The number of benzene rings is 2. The second kappa shape index (κ2) is 7.40. The molecule has 5 nitrogen and oxygen atoms in total. The molecule has 0 amide bonds. The van der Waals surface area contributed by atoms with Gasteiger partial charge in [0.15, 0.2) is 12.4 Å². The van der Waals surface area contributed by atoms with E-state index < -0.39 is 5.97 Å². The molecule has 0 aliphatic carbocycles. The molecule has 0 spiro atoms. The van der Waals surface area contributed by atoms with E-state index in [-0.39, 0.29) is 18.1 Å². The van der Waals surface area contributed by atoms with Crippen LogP contribution in [0.5, 0.6) is 11.5 Å². The molecule has 2 aromatic rings. The van der Waals surface area contributed by atoms with Crippen molar-refractivity contribution >= 4 is 41.0 Å². The van der Waals surface area contributed by atoms with Gasteiger partial charge in [-0.15, -0.1) is 0 Å². The lowest BCUT2D eigenvalue weighted by Crippen LogP contribution is -2.12. The largest absolute Gasteiger partial charge is 0.482 e. The third-order valence-electron chi connectivity index (χ3n) is 3.78. The van der Waals surface area contributed by atoms with Gasteiger partial charge in [0.1, 0.15) is 11.5 Å². The smallest absolute Gasteiger partial charge is 0.343 e. The van der Waals surface area contributed by atoms with Crippen molar-refractivity contribution in [2.75, 3.05) is 13.7 Å². The Bertz CT molecular complexity index is 934. The van der Waals surface area contributed by atoms with E-state index in [4.69, 9.17) is 32.7 Å². The van der Waals surface area contributed by atoms with Crippen LogP contribution in [0.2, 0.25) is 10.0 Å². The van der Waals surface area contributed by atoms with Gasteiger partial charge in [-0.1, -0.05) is 29.3 Å². The molecule has 7 heteroatoms. The maximum Gasteiger partial charge on any atom is 0.343 e. The monoisotopic (exact) mass is 392 g/mol. The number of carbonyl (C=O) groups is 2. The normalized spacial score (nSPS) is 14.2. The Morgan fingerprint density at radius 2 is 2.00 bits per heavy atom. The van der Waals surface area contributed by atoms with E-state index in [1.165, 1.54) is 7.11 Å². The predicted octanol–water partition coefficient (Wildman–Crippen LogP) is 4.47. The third kappa shape index (κ3) is 3.69. The minimum Gasteiger partial charge on any atom is -0.482 e. The van der Waals surface area contributed by atoms with Gasteiger partial charge in [0.25, 0.3) is 0 Å². The Morgan fingerprint density at radius 1 is 1.23 bits per heavy atom. The van der Waals surface area contributed by atoms with Crippen LogP contribution in [0, 0.1) is 6.92 Å². The quantitative estimate of drug-likeness (QED) is 0.567. The van der Waals surface area contributed by atoms with Crippen LogP contribution in [0.1, 0.15) is 21.5 Å². The Morgan fingerprint density at radius 3 is 2.69 bits per heavy atom. The average Bonchev–Trinajstić information content (AvgIpc) is 2.91. The molecular weight excluding hydrogens is 379 g/mol. The first-order chi connectivity index (χ1) is 12.4. The number of ether oxygens (including phenoxy) is 3. The van der Waals surface area contributed by atoms with Gasteiger partial charge in [-0.05, 0) is 42.3 Å². The highest BCUT2D eigenvalue weighted by Crippen LogP contribution is 2.38. The molecule has 1 aliphatic heterocycles. The summed E-state index contributed by atoms with van der Waals surface area (Å²) in [6.45, 7) is 1.54. The summed E-state index contributed by atoms with van der Waals surface area (Å²) in [7, 11) is 1.28. The Labute approximate surface area is 160 Å². The predicted molar refractivity (Wildman–Crippen MR) is 98.1 cm³/mol. The molecule has 0 bridgehead atoms. The molecule has 0 radical (unpaired) electrons. The van der Waals surface area contributed by atoms with Crippen LogP contribution in [-0.4, -0.2) is 25.5 Å². The number of Topliss-reactive ketones (excluding diaryl/α,β-unsaturated/α-hetero) is 1. The fourth-order valence-electron chi connectivity index (χ4n) is 2.52. The summed E-state index contributed by atoms with van der Waals surface area (Å²) in [5, 5.41) is 0.915. The first-order valence-electron chi connectivity index (χ1n) is 7.62. The molecule has 0 unspecified atom stereocenters. The average molecular weight is 393 g/mol. The summed E-state index contributed by atoms with van der Waals surface area (Å²) in [5.41, 5.74) is 1.75. The standard InChI is InChI=1S/C19H14Cl2O5/c1-10-5-13(25-9-17(22)24-2)8-15-18(10)19(23)16(26-15)6-11-3-4-12(20)7-14(11)21/h3-8H,9H2,1-2H3/b16-6-. The maximum atomic E-state index is 12.6. The van der Waals surface area contributed by atoms with Crippen molar-refractivity contribution in [1.29, 1.82) is 0 Å². The van der Waals surface area contributed by atoms with Gasteiger partial charge >= 0.3 is 5.97 Å². The van der Waals surface area contributed by atoms with Crippen LogP contribution >= 0.6 is 23.2 Å². The van der Waals surface area contributed by atoms with Gasteiger partial charge in [-0.2, -0.15) is 0 Å². The van der Waals surface area contributed by atoms with Crippen LogP contribution < -0.4 is 9.47 Å². The zero-order chi connectivity index (χ0) is 18.8. The molecule has 0 aromatic heterocycles. The van der Waals surface area contributed by atoms with Crippen LogP contribution in [0.4, 0.5) is 0 Å². The van der Waals surface area contributed by atoms with Crippen LogP contribution in [0.25, 0.3) is 6.08 Å². The minimum atomic E-state index is -0.502. The second-order valence-electron chi connectivity index (χ2n) is 5.58. The number of hydrogen-bond acceptors (Lipinski definition) is 5. The fourth-order valence-corrected chi connectivity index (χ4v) is 2.98. The van der Waals surface area contributed by atoms with Gasteiger partial charge in [0, 0.05) is 16.1 Å². The third-order valence-corrected chi connectivity index (χ3v) is 4.34. The number of methoxy groups -OCH3 is 1. The number of halogens is 2. The lowest BCUT2D eigenvalue weighted by molar-refractivity contribution is -0.142. The van der Waals surface area contributed by atoms with Gasteiger partial charge < -0.3 is 14.2 Å². The number of rotatable bonds is 4. The SMILES string of the molecule is COC(=O)COc1cc(C)c2c(c1)O/C(=C\c1ccc(Cl)cc1Cl)C2=O. The molecular formula is C19H14Cl2O5. The number of aryl methyl sites for hydroxylation is 1. The highest BCUT2D eigenvalue weighted by Gasteiger charge is 2.30. The number of hydrogen-bond donors (Lipinski definition) is 0. The van der Waals surface area contributed by atoms with E-state index in [0.717, 1.165) is 0 Å². The first-order valence-corrected chi connectivity index (χ1v) is 8.38. The summed E-state index contributed by atoms with van der Waals surface area (Å²) in [5.74, 6) is 0.176. The summed E-state index contributed by atoms with van der Waals surface area (Å²) in [4.78, 5) is 23.8. The van der Waals surface area contributed by atoms with Crippen LogP contribution in [0.15, 0.2) is 36.1 Å². The molecule has 0 saturated heterocycles. The zero-order valence-electron chi connectivity index (χ0n) is 14.0. The van der Waals surface area contributed by atoms with E-state index in [1.54, 1.807) is 43.3 Å². The van der Waals surface area contributed by atoms with Crippen molar-refractivity contribution in [3.05, 3.63) is 62.8 Å². The maximum absolute atomic E-state index is 12.6. The molecule has 2 aromatic carbocycles. The van der Waals surface area contributed by atoms with E-state index in [9.17, 15) is 9.59 Å². The number of ketones is 1. The number of fused-ring (bicyclic) bond motifs is 1. The zero-order valence-corrected chi connectivity index (χ0v) is 15.5. The lowest BCUT2D eigenvalue weighted by atomic mass is 10.0. The van der Waals surface area contributed by atoms with Gasteiger partial charge in [0.2, 0.25) is 5.78 Å². The fraction of sp³-hybridized carbons (Fsp3) is 0.158. The van der Waals surface area contributed by atoms with Crippen molar-refractivity contribution in [2.45, 2.75) is 6.92 Å². The molecule has 0 N–H and O–H groups in total. The van der Waals surface area contributed by atoms with E-state index >= 15 is 0 Å². The van der Waals surface area contributed by atoms with E-state index in [0.29, 0.717) is 38.2 Å². The van der Waals surface area contributed by atoms with Crippen LogP contribution in [-0.2, 0) is 9.53 Å². The van der Waals surface area contributed by atoms with Crippen molar-refractivity contribution in [3.8, 4) is 11.5 Å². The minimum absolute atomic E-state index is 0.150. The Balaban J connectivity index is 1.89. The van der Waals surface area contributed by atoms with Gasteiger partial charge in [-0.3, -0.25) is 4.79 Å². The van der Waals surface area contributed by atoms with Crippen LogP contribution in [0.3, 0.4) is 0 Å². The van der Waals surface area contributed by atoms with Crippen molar-refractivity contribution in [3.63, 3.8) is 0 Å². The Kier molecular flexibility index (Phi) is 5.20. The van der Waals surface area contributed by atoms with E-state index in [2.05, 4.69) is 4.74 Å². The molecule has 26 heavy (non-hydrogen) atoms. The van der Waals surface area contributed by atoms with Gasteiger partial charge in [-0.25, -0.2) is 4.79 Å². The highest BCUT2D eigenvalue weighted by molar-refractivity contribution is 6.35. The summed E-state index contributed by atoms with van der Waals surface area (Å²) < 4.78 is 15.6. The molecule has 0 saturated carbocycles.